The highest BCUT2D eigenvalue weighted by atomic mass is 19.4. The zero-order chi connectivity index (χ0) is 17.9. The molecular formula is C22H31F3. The summed E-state index contributed by atoms with van der Waals surface area (Å²) in [6, 6.07) is 5.89. The van der Waals surface area contributed by atoms with E-state index in [9.17, 15) is 13.2 Å². The Morgan fingerprint density at radius 2 is 1.32 bits per heavy atom. The second-order valence-corrected chi connectivity index (χ2v) is 8.30. The van der Waals surface area contributed by atoms with Gasteiger partial charge in [-0.2, -0.15) is 13.2 Å². The molecule has 2 saturated carbocycles. The molecule has 0 heterocycles. The average Bonchev–Trinajstić information content (AvgIpc) is 2.62. The van der Waals surface area contributed by atoms with Crippen molar-refractivity contribution in [2.75, 3.05) is 0 Å². The van der Waals surface area contributed by atoms with Gasteiger partial charge >= 0.3 is 6.18 Å². The van der Waals surface area contributed by atoms with Crippen LogP contribution in [0, 0.1) is 17.8 Å². The lowest BCUT2D eigenvalue weighted by Gasteiger charge is -2.38. The summed E-state index contributed by atoms with van der Waals surface area (Å²) >= 11 is 0. The van der Waals surface area contributed by atoms with Gasteiger partial charge in [-0.25, -0.2) is 0 Å². The van der Waals surface area contributed by atoms with Gasteiger partial charge in [0.15, 0.2) is 0 Å². The summed E-state index contributed by atoms with van der Waals surface area (Å²) in [4.78, 5) is 0. The molecule has 25 heavy (non-hydrogen) atoms. The maximum Gasteiger partial charge on any atom is 0.416 e. The Morgan fingerprint density at radius 3 is 1.80 bits per heavy atom. The lowest BCUT2D eigenvalue weighted by molar-refractivity contribution is -0.137. The molecule has 3 rings (SSSR count). The van der Waals surface area contributed by atoms with Crippen LogP contribution in [0.1, 0.15) is 88.2 Å². The van der Waals surface area contributed by atoms with Gasteiger partial charge in [-0.1, -0.05) is 44.7 Å². The molecule has 3 heteroatoms. The first kappa shape index (κ1) is 18.8. The summed E-state index contributed by atoms with van der Waals surface area (Å²) in [5.74, 6) is 3.18. The molecule has 0 unspecified atom stereocenters. The lowest BCUT2D eigenvalue weighted by Crippen LogP contribution is -2.25. The normalized spacial score (nSPS) is 31.0. The minimum Gasteiger partial charge on any atom is -0.166 e. The topological polar surface area (TPSA) is 0 Å². The van der Waals surface area contributed by atoms with E-state index in [0.717, 1.165) is 36.2 Å². The van der Waals surface area contributed by atoms with Crippen molar-refractivity contribution in [3.8, 4) is 0 Å². The van der Waals surface area contributed by atoms with Gasteiger partial charge in [0, 0.05) is 0 Å². The van der Waals surface area contributed by atoms with E-state index in [0.29, 0.717) is 5.92 Å². The quantitative estimate of drug-likeness (QED) is 0.524. The van der Waals surface area contributed by atoms with Gasteiger partial charge in [0.1, 0.15) is 0 Å². The number of hydrogen-bond acceptors (Lipinski definition) is 0. The van der Waals surface area contributed by atoms with Crippen LogP contribution in [0.25, 0.3) is 0 Å². The van der Waals surface area contributed by atoms with Crippen molar-refractivity contribution in [2.45, 2.75) is 83.2 Å². The molecule has 1 aromatic rings. The Balaban J connectivity index is 1.49. The van der Waals surface area contributed by atoms with Gasteiger partial charge in [-0.05, 0) is 79.9 Å². The van der Waals surface area contributed by atoms with Crippen LogP contribution in [-0.4, -0.2) is 0 Å². The third-order valence-electron chi connectivity index (χ3n) is 6.74. The van der Waals surface area contributed by atoms with Crippen molar-refractivity contribution < 1.29 is 13.2 Å². The Hall–Kier alpha value is -0.990. The molecular weight excluding hydrogens is 321 g/mol. The Bertz CT molecular complexity index is 515. The van der Waals surface area contributed by atoms with Crippen LogP contribution >= 0.6 is 0 Å². The number of rotatable bonds is 4. The highest BCUT2D eigenvalue weighted by Crippen LogP contribution is 2.44. The molecule has 0 nitrogen and oxygen atoms in total. The van der Waals surface area contributed by atoms with E-state index in [1.807, 2.05) is 0 Å². The van der Waals surface area contributed by atoms with Crippen molar-refractivity contribution in [1.29, 1.82) is 0 Å². The summed E-state index contributed by atoms with van der Waals surface area (Å²) in [6.45, 7) is 2.29. The molecule has 0 saturated heterocycles. The zero-order valence-corrected chi connectivity index (χ0v) is 15.3. The summed E-state index contributed by atoms with van der Waals surface area (Å²) in [5.41, 5.74) is 0.562. The van der Waals surface area contributed by atoms with Gasteiger partial charge in [0.25, 0.3) is 0 Å². The fourth-order valence-electron chi connectivity index (χ4n) is 5.22. The Labute approximate surface area is 150 Å². The predicted octanol–water partition coefficient (Wildman–Crippen LogP) is 7.59. The van der Waals surface area contributed by atoms with Crippen molar-refractivity contribution >= 4 is 0 Å². The van der Waals surface area contributed by atoms with Gasteiger partial charge in [-0.3, -0.25) is 0 Å². The number of halogens is 3. The first-order valence-electron chi connectivity index (χ1n) is 10.1. The van der Waals surface area contributed by atoms with Crippen LogP contribution in [0.2, 0.25) is 0 Å². The van der Waals surface area contributed by atoms with Crippen molar-refractivity contribution in [3.05, 3.63) is 35.4 Å². The van der Waals surface area contributed by atoms with E-state index in [1.54, 1.807) is 12.1 Å². The van der Waals surface area contributed by atoms with Gasteiger partial charge in [0.2, 0.25) is 0 Å². The van der Waals surface area contributed by atoms with E-state index < -0.39 is 11.7 Å². The van der Waals surface area contributed by atoms with E-state index in [1.165, 1.54) is 63.5 Å². The first-order valence-corrected chi connectivity index (χ1v) is 10.1. The highest BCUT2D eigenvalue weighted by Gasteiger charge is 2.32. The third-order valence-corrected chi connectivity index (χ3v) is 6.74. The predicted molar refractivity (Wildman–Crippen MR) is 96.5 cm³/mol. The van der Waals surface area contributed by atoms with Gasteiger partial charge in [0.05, 0.1) is 5.56 Å². The SMILES string of the molecule is CCCC1CCC(C2CCC(c3ccc(C(F)(F)F)cc3)CC2)CC1. The minimum absolute atomic E-state index is 0.454. The molecule has 2 fully saturated rings. The fraction of sp³-hybridized carbons (Fsp3) is 0.727. The first-order chi connectivity index (χ1) is 12.0. The molecule has 0 amide bonds. The smallest absolute Gasteiger partial charge is 0.166 e. The minimum atomic E-state index is -4.23. The third kappa shape index (κ3) is 4.80. The lowest BCUT2D eigenvalue weighted by atomic mass is 9.68. The molecule has 1 aromatic carbocycles. The Morgan fingerprint density at radius 1 is 0.800 bits per heavy atom. The van der Waals surface area contributed by atoms with E-state index in [-0.39, 0.29) is 0 Å². The van der Waals surface area contributed by atoms with Crippen LogP contribution in [-0.2, 0) is 6.18 Å². The van der Waals surface area contributed by atoms with Crippen molar-refractivity contribution in [1.82, 2.24) is 0 Å². The molecule has 2 aliphatic rings. The molecule has 0 aromatic heterocycles. The maximum atomic E-state index is 12.7. The molecule has 0 spiro atoms. The molecule has 2 aliphatic carbocycles. The summed E-state index contributed by atoms with van der Waals surface area (Å²) in [7, 11) is 0. The number of hydrogen-bond donors (Lipinski definition) is 0. The van der Waals surface area contributed by atoms with Crippen LogP contribution in [0.15, 0.2) is 24.3 Å². The van der Waals surface area contributed by atoms with Gasteiger partial charge < -0.3 is 0 Å². The molecule has 140 valence electrons. The summed E-state index contributed by atoms with van der Waals surface area (Å²) in [6.07, 6.45) is 8.92. The largest absolute Gasteiger partial charge is 0.416 e. The maximum absolute atomic E-state index is 12.7. The van der Waals surface area contributed by atoms with Crippen molar-refractivity contribution in [3.63, 3.8) is 0 Å². The van der Waals surface area contributed by atoms with Crippen LogP contribution in [0.4, 0.5) is 13.2 Å². The molecule has 0 N–H and O–H groups in total. The highest BCUT2D eigenvalue weighted by molar-refractivity contribution is 5.27. The number of alkyl halides is 3. The summed E-state index contributed by atoms with van der Waals surface area (Å²) < 4.78 is 38.1. The number of benzene rings is 1. The van der Waals surface area contributed by atoms with E-state index >= 15 is 0 Å². The van der Waals surface area contributed by atoms with Crippen molar-refractivity contribution in [2.24, 2.45) is 17.8 Å². The second kappa shape index (κ2) is 8.14. The zero-order valence-electron chi connectivity index (χ0n) is 15.3. The van der Waals surface area contributed by atoms with E-state index in [4.69, 9.17) is 0 Å². The van der Waals surface area contributed by atoms with Crippen LogP contribution in [0.5, 0.6) is 0 Å². The Kier molecular flexibility index (Phi) is 6.12. The monoisotopic (exact) mass is 352 g/mol. The van der Waals surface area contributed by atoms with E-state index in [2.05, 4.69) is 6.92 Å². The average molecular weight is 352 g/mol. The van der Waals surface area contributed by atoms with Gasteiger partial charge in [-0.15, -0.1) is 0 Å². The molecule has 0 aliphatic heterocycles. The summed E-state index contributed by atoms with van der Waals surface area (Å²) in [5, 5.41) is 0. The molecule has 0 atom stereocenters. The standard InChI is InChI=1S/C22H31F3/c1-2-3-16-4-6-17(7-5-16)18-8-10-19(11-9-18)20-12-14-21(15-13-20)22(23,24)25/h12-19H,2-11H2,1H3. The fourth-order valence-corrected chi connectivity index (χ4v) is 5.22. The van der Waals surface area contributed by atoms with Crippen LogP contribution in [0.3, 0.4) is 0 Å². The molecule has 0 radical (unpaired) electrons. The molecule has 0 bridgehead atoms. The second-order valence-electron chi connectivity index (χ2n) is 8.30. The van der Waals surface area contributed by atoms with Crippen LogP contribution < -0.4 is 0 Å².